The monoisotopic (exact) mass is 397 g/mol. The van der Waals surface area contributed by atoms with Gasteiger partial charge in [-0.3, -0.25) is 9.59 Å². The average Bonchev–Trinajstić information content (AvgIpc) is 3.20. The molecule has 9 heteroatoms. The quantitative estimate of drug-likeness (QED) is 0.811. The normalized spacial score (nSPS) is 27.3. The van der Waals surface area contributed by atoms with Crippen molar-refractivity contribution in [3.8, 4) is 0 Å². The second kappa shape index (κ2) is 8.00. The molecule has 0 radical (unpaired) electrons. The molecule has 1 aromatic rings. The molecule has 27 heavy (non-hydrogen) atoms. The zero-order valence-electron chi connectivity index (χ0n) is 15.8. The van der Waals surface area contributed by atoms with Crippen molar-refractivity contribution in [2.24, 2.45) is 11.8 Å². The Labute approximate surface area is 159 Å². The van der Waals surface area contributed by atoms with E-state index >= 15 is 0 Å². The van der Waals surface area contributed by atoms with Crippen LogP contribution in [0, 0.1) is 18.8 Å². The van der Waals surface area contributed by atoms with Crippen molar-refractivity contribution in [2.75, 3.05) is 23.4 Å². The maximum Gasteiger partial charge on any atom is 0.228 e. The summed E-state index contributed by atoms with van der Waals surface area (Å²) in [7, 11) is -3.02. The number of nitrogens with one attached hydrogen (secondary N) is 1. The lowest BCUT2D eigenvalue weighted by Gasteiger charge is -2.34. The van der Waals surface area contributed by atoms with Gasteiger partial charge in [0, 0.05) is 30.5 Å². The Balaban J connectivity index is 1.53. The minimum absolute atomic E-state index is 0.0329. The molecule has 1 N–H and O–H groups in total. The van der Waals surface area contributed by atoms with Gasteiger partial charge in [-0.25, -0.2) is 8.42 Å². The van der Waals surface area contributed by atoms with Gasteiger partial charge in [0.1, 0.15) is 5.76 Å². The van der Waals surface area contributed by atoms with Crippen LogP contribution < -0.4 is 5.32 Å². The van der Waals surface area contributed by atoms with Gasteiger partial charge in [-0.2, -0.15) is 0 Å². The van der Waals surface area contributed by atoms with Crippen LogP contribution in [0.5, 0.6) is 0 Å². The molecule has 1 saturated heterocycles. The number of amides is 2. The van der Waals surface area contributed by atoms with Crippen molar-refractivity contribution < 1.29 is 22.5 Å². The van der Waals surface area contributed by atoms with Crippen LogP contribution in [0.4, 0.5) is 5.82 Å². The molecule has 150 valence electrons. The van der Waals surface area contributed by atoms with E-state index in [0.29, 0.717) is 50.2 Å². The lowest BCUT2D eigenvalue weighted by molar-refractivity contribution is -0.139. The Morgan fingerprint density at radius 3 is 2.41 bits per heavy atom. The molecule has 3 rings (SSSR count). The molecular weight excluding hydrogens is 370 g/mol. The summed E-state index contributed by atoms with van der Waals surface area (Å²) in [6.07, 6.45) is 3.09. The van der Waals surface area contributed by atoms with Gasteiger partial charge in [0.25, 0.3) is 0 Å². The standard InChI is InChI=1S/C18H27N3O5S/c1-3-21(15-8-9-27(24,25)11-15)18(23)14-6-4-13(5-7-14)17(22)19-16-10-12(2)26-20-16/h10,13-15H,3-9,11H2,1-2H3,(H,19,20,22). The minimum Gasteiger partial charge on any atom is -0.360 e. The fraction of sp³-hybridized carbons (Fsp3) is 0.722. The van der Waals surface area contributed by atoms with Gasteiger partial charge >= 0.3 is 0 Å². The molecule has 2 fully saturated rings. The van der Waals surface area contributed by atoms with Gasteiger partial charge in [-0.05, 0) is 46.0 Å². The number of carbonyl (C=O) groups excluding carboxylic acids is 2. The first-order chi connectivity index (χ1) is 12.8. The molecule has 0 bridgehead atoms. The molecule has 2 amide bonds. The molecule has 1 unspecified atom stereocenters. The molecule has 2 aliphatic rings. The summed E-state index contributed by atoms with van der Waals surface area (Å²) in [5.74, 6) is 0.939. The highest BCUT2D eigenvalue weighted by atomic mass is 32.2. The van der Waals surface area contributed by atoms with Crippen molar-refractivity contribution >= 4 is 27.5 Å². The van der Waals surface area contributed by atoms with Gasteiger partial charge in [0.15, 0.2) is 15.7 Å². The molecule has 8 nitrogen and oxygen atoms in total. The zero-order chi connectivity index (χ0) is 19.6. The number of hydrogen-bond acceptors (Lipinski definition) is 6. The maximum absolute atomic E-state index is 12.9. The molecule has 2 heterocycles. The van der Waals surface area contributed by atoms with E-state index < -0.39 is 9.84 Å². The minimum atomic E-state index is -3.02. The highest BCUT2D eigenvalue weighted by Crippen LogP contribution is 2.32. The lowest BCUT2D eigenvalue weighted by atomic mass is 9.80. The van der Waals surface area contributed by atoms with E-state index in [1.54, 1.807) is 17.9 Å². The topological polar surface area (TPSA) is 110 Å². The number of hydrogen-bond donors (Lipinski definition) is 1. The number of aromatic nitrogens is 1. The molecule has 1 aliphatic carbocycles. The Morgan fingerprint density at radius 1 is 1.22 bits per heavy atom. The summed E-state index contributed by atoms with van der Waals surface area (Å²) in [5, 5.41) is 6.53. The summed E-state index contributed by atoms with van der Waals surface area (Å²) >= 11 is 0. The van der Waals surface area contributed by atoms with Crippen molar-refractivity contribution in [1.82, 2.24) is 10.1 Å². The van der Waals surface area contributed by atoms with Crippen LogP contribution in [0.25, 0.3) is 0 Å². The Morgan fingerprint density at radius 2 is 1.89 bits per heavy atom. The van der Waals surface area contributed by atoms with Crippen LogP contribution in [0.2, 0.25) is 0 Å². The fourth-order valence-corrected chi connectivity index (χ4v) is 5.84. The fourth-order valence-electron chi connectivity index (χ4n) is 4.11. The maximum atomic E-state index is 12.9. The van der Waals surface area contributed by atoms with E-state index in [1.165, 1.54) is 0 Å². The number of carbonyl (C=O) groups is 2. The Bertz CT molecular complexity index is 796. The van der Waals surface area contributed by atoms with Crippen LogP contribution in [0.3, 0.4) is 0 Å². The van der Waals surface area contributed by atoms with Crippen molar-refractivity contribution in [3.63, 3.8) is 0 Å². The summed E-state index contributed by atoms with van der Waals surface area (Å²) in [6, 6.07) is 1.46. The van der Waals surface area contributed by atoms with Gasteiger partial charge in [0.05, 0.1) is 11.5 Å². The van der Waals surface area contributed by atoms with Crippen LogP contribution in [-0.4, -0.2) is 54.4 Å². The summed E-state index contributed by atoms with van der Waals surface area (Å²) < 4.78 is 28.4. The summed E-state index contributed by atoms with van der Waals surface area (Å²) in [4.78, 5) is 27.0. The second-order valence-corrected chi connectivity index (χ2v) is 9.77. The first-order valence-corrected chi connectivity index (χ1v) is 11.4. The molecule has 1 atom stereocenters. The number of sulfone groups is 1. The smallest absolute Gasteiger partial charge is 0.228 e. The van der Waals surface area contributed by atoms with Crippen molar-refractivity contribution in [2.45, 2.75) is 52.0 Å². The Kier molecular flexibility index (Phi) is 5.88. The molecule has 1 aromatic heterocycles. The molecule has 1 aliphatic heterocycles. The summed E-state index contributed by atoms with van der Waals surface area (Å²) in [5.41, 5.74) is 0. The van der Waals surface area contributed by atoms with Gasteiger partial charge in [0.2, 0.25) is 11.8 Å². The predicted octanol–water partition coefficient (Wildman–Crippen LogP) is 1.76. The molecular formula is C18H27N3O5S. The van der Waals surface area contributed by atoms with Gasteiger partial charge < -0.3 is 14.7 Å². The molecule has 0 spiro atoms. The SMILES string of the molecule is CCN(C(=O)C1CCC(C(=O)Nc2cc(C)on2)CC1)C1CCS(=O)(=O)C1. The third-order valence-electron chi connectivity index (χ3n) is 5.60. The third kappa shape index (κ3) is 4.69. The van der Waals surface area contributed by atoms with Crippen molar-refractivity contribution in [3.05, 3.63) is 11.8 Å². The second-order valence-electron chi connectivity index (χ2n) is 7.54. The van der Waals surface area contributed by atoms with E-state index in [1.807, 2.05) is 6.92 Å². The lowest BCUT2D eigenvalue weighted by Crippen LogP contribution is -2.45. The van der Waals surface area contributed by atoms with Crippen molar-refractivity contribution in [1.29, 1.82) is 0 Å². The van der Waals surface area contributed by atoms with Gasteiger partial charge in [-0.15, -0.1) is 0 Å². The highest BCUT2D eigenvalue weighted by molar-refractivity contribution is 7.91. The first kappa shape index (κ1) is 19.9. The van der Waals surface area contributed by atoms with E-state index in [4.69, 9.17) is 4.52 Å². The van der Waals surface area contributed by atoms with E-state index in [2.05, 4.69) is 10.5 Å². The largest absolute Gasteiger partial charge is 0.360 e. The van der Waals surface area contributed by atoms with Crippen LogP contribution >= 0.6 is 0 Å². The zero-order valence-corrected chi connectivity index (χ0v) is 16.6. The average molecular weight is 397 g/mol. The van der Waals surface area contributed by atoms with E-state index in [0.717, 1.165) is 0 Å². The van der Waals surface area contributed by atoms with Crippen LogP contribution in [0.1, 0.15) is 44.8 Å². The molecule has 0 aromatic carbocycles. The molecule has 1 saturated carbocycles. The Hall–Kier alpha value is -1.90. The van der Waals surface area contributed by atoms with Crippen LogP contribution in [-0.2, 0) is 19.4 Å². The predicted molar refractivity (Wildman–Crippen MR) is 99.8 cm³/mol. The highest BCUT2D eigenvalue weighted by Gasteiger charge is 2.38. The first-order valence-electron chi connectivity index (χ1n) is 9.54. The summed E-state index contributed by atoms with van der Waals surface area (Å²) in [6.45, 7) is 4.17. The number of nitrogens with zero attached hydrogens (tertiary/aromatic N) is 2. The third-order valence-corrected chi connectivity index (χ3v) is 7.35. The van der Waals surface area contributed by atoms with Gasteiger partial charge in [-0.1, -0.05) is 5.16 Å². The number of aryl methyl sites for hydroxylation is 1. The number of rotatable bonds is 5. The van der Waals surface area contributed by atoms with E-state index in [-0.39, 0.29) is 41.2 Å². The number of anilines is 1. The van der Waals surface area contributed by atoms with E-state index in [9.17, 15) is 18.0 Å². The van der Waals surface area contributed by atoms with Crippen LogP contribution in [0.15, 0.2) is 10.6 Å².